The van der Waals surface area contributed by atoms with Crippen molar-refractivity contribution >= 4 is 6.47 Å². The number of aromatic hydroxyl groups is 1. The van der Waals surface area contributed by atoms with E-state index in [1.165, 1.54) is 18.2 Å². The second-order valence-electron chi connectivity index (χ2n) is 2.69. The van der Waals surface area contributed by atoms with Gasteiger partial charge in [-0.2, -0.15) is 0 Å². The van der Waals surface area contributed by atoms with Crippen molar-refractivity contribution in [1.82, 2.24) is 0 Å². The minimum atomic E-state index is -0.829. The fraction of sp³-hybridized carbons (Fsp3) is 0.222. The number of rotatable bonds is 4. The van der Waals surface area contributed by atoms with Crippen molar-refractivity contribution in [2.45, 2.75) is 6.10 Å². The summed E-state index contributed by atoms with van der Waals surface area (Å²) in [5.74, 6) is -0.157. The highest BCUT2D eigenvalue weighted by Gasteiger charge is 2.09. The Labute approximate surface area is 80.7 Å². The number of hydrogen-bond donors (Lipinski definition) is 3. The van der Waals surface area contributed by atoms with Crippen molar-refractivity contribution in [3.63, 3.8) is 0 Å². The summed E-state index contributed by atoms with van der Waals surface area (Å²) in [6, 6.07) is 4.19. The molecular weight excluding hydrogens is 186 g/mol. The van der Waals surface area contributed by atoms with Crippen LogP contribution in [0.4, 0.5) is 0 Å². The fourth-order valence-corrected chi connectivity index (χ4v) is 1.02. The Hall–Kier alpha value is -1.59. The summed E-state index contributed by atoms with van der Waals surface area (Å²) in [6.07, 6.45) is -0.829. The van der Waals surface area contributed by atoms with Crippen LogP contribution in [-0.2, 0) is 4.79 Å². The van der Waals surface area contributed by atoms with Crippen molar-refractivity contribution in [3.8, 4) is 11.5 Å². The molecule has 1 atom stereocenters. The Morgan fingerprint density at radius 2 is 2.29 bits per heavy atom. The second-order valence-corrected chi connectivity index (χ2v) is 2.69. The van der Waals surface area contributed by atoms with Crippen LogP contribution in [-0.4, -0.2) is 23.2 Å². The molecule has 76 valence electrons. The van der Waals surface area contributed by atoms with E-state index in [0.717, 1.165) is 0 Å². The van der Waals surface area contributed by atoms with Gasteiger partial charge in [0, 0.05) is 6.54 Å². The van der Waals surface area contributed by atoms with Gasteiger partial charge in [-0.15, -0.1) is 0 Å². The minimum Gasteiger partial charge on any atom is -0.504 e. The third-order valence-corrected chi connectivity index (χ3v) is 1.77. The molecule has 0 spiro atoms. The maximum absolute atomic E-state index is 10.1. The van der Waals surface area contributed by atoms with E-state index < -0.39 is 6.10 Å². The summed E-state index contributed by atoms with van der Waals surface area (Å²) in [5, 5.41) is 18.6. The molecule has 1 aromatic carbocycles. The van der Waals surface area contributed by atoms with Gasteiger partial charge in [0.15, 0.2) is 11.5 Å². The van der Waals surface area contributed by atoms with Crippen LogP contribution in [0.5, 0.6) is 11.5 Å². The van der Waals surface area contributed by atoms with Crippen molar-refractivity contribution in [2.24, 2.45) is 5.73 Å². The van der Waals surface area contributed by atoms with Gasteiger partial charge in [-0.3, -0.25) is 4.79 Å². The Bertz CT molecular complexity index is 327. The number of hydrogen-bond acceptors (Lipinski definition) is 5. The Balaban J connectivity index is 2.99. The Morgan fingerprint density at radius 1 is 1.57 bits per heavy atom. The van der Waals surface area contributed by atoms with Gasteiger partial charge in [-0.1, -0.05) is 6.07 Å². The molecule has 0 saturated heterocycles. The van der Waals surface area contributed by atoms with Crippen molar-refractivity contribution < 1.29 is 19.7 Å². The van der Waals surface area contributed by atoms with Crippen LogP contribution < -0.4 is 10.5 Å². The quantitative estimate of drug-likeness (QED) is 0.587. The van der Waals surface area contributed by atoms with Gasteiger partial charge in [-0.25, -0.2) is 0 Å². The maximum Gasteiger partial charge on any atom is 0.298 e. The molecule has 0 amide bonds. The van der Waals surface area contributed by atoms with Gasteiger partial charge in [0.2, 0.25) is 0 Å². The highest BCUT2D eigenvalue weighted by molar-refractivity contribution is 5.51. The highest BCUT2D eigenvalue weighted by Crippen LogP contribution is 2.28. The summed E-state index contributed by atoms with van der Waals surface area (Å²) in [7, 11) is 0. The standard InChI is InChI=1S/C9H11NO4/c10-4-8(13)6-1-2-7(12)9(3-6)14-5-11/h1-3,5,8,12-13H,4,10H2. The first-order valence-corrected chi connectivity index (χ1v) is 4.00. The van der Waals surface area contributed by atoms with Gasteiger partial charge < -0.3 is 20.7 Å². The molecule has 0 aliphatic rings. The van der Waals surface area contributed by atoms with Gasteiger partial charge in [-0.05, 0) is 17.7 Å². The lowest BCUT2D eigenvalue weighted by molar-refractivity contribution is -0.120. The molecule has 1 aromatic rings. The summed E-state index contributed by atoms with van der Waals surface area (Å²) in [6.45, 7) is 0.263. The Kier molecular flexibility index (Phi) is 3.44. The van der Waals surface area contributed by atoms with E-state index in [-0.39, 0.29) is 24.5 Å². The van der Waals surface area contributed by atoms with Crippen LogP contribution in [0.1, 0.15) is 11.7 Å². The van der Waals surface area contributed by atoms with Crippen molar-refractivity contribution in [2.75, 3.05) is 6.54 Å². The SMILES string of the molecule is NCC(O)c1ccc(O)c(OC=O)c1. The fourth-order valence-electron chi connectivity index (χ4n) is 1.02. The first kappa shape index (κ1) is 10.5. The number of phenols is 1. The average Bonchev–Trinajstić information content (AvgIpc) is 2.20. The highest BCUT2D eigenvalue weighted by atomic mass is 16.5. The molecule has 0 aromatic heterocycles. The largest absolute Gasteiger partial charge is 0.504 e. The molecule has 0 aliphatic carbocycles. The molecule has 5 heteroatoms. The summed E-state index contributed by atoms with van der Waals surface area (Å²) < 4.78 is 4.49. The molecule has 14 heavy (non-hydrogen) atoms. The molecule has 5 nitrogen and oxygen atoms in total. The van der Waals surface area contributed by atoms with Gasteiger partial charge >= 0.3 is 0 Å². The number of ether oxygens (including phenoxy) is 1. The zero-order valence-electron chi connectivity index (χ0n) is 7.38. The van der Waals surface area contributed by atoms with Crippen molar-refractivity contribution in [3.05, 3.63) is 23.8 Å². The maximum atomic E-state index is 10.1. The van der Waals surface area contributed by atoms with Crippen LogP contribution in [0.2, 0.25) is 0 Å². The molecule has 0 heterocycles. The number of nitrogens with two attached hydrogens (primary N) is 1. The molecule has 1 unspecified atom stereocenters. The van der Waals surface area contributed by atoms with Crippen molar-refractivity contribution in [1.29, 1.82) is 0 Å². The van der Waals surface area contributed by atoms with Crippen LogP contribution in [0.3, 0.4) is 0 Å². The minimum absolute atomic E-state index is 0.00463. The first-order valence-electron chi connectivity index (χ1n) is 4.00. The van der Waals surface area contributed by atoms with Gasteiger partial charge in [0.1, 0.15) is 0 Å². The van der Waals surface area contributed by atoms with E-state index in [1.807, 2.05) is 0 Å². The Morgan fingerprint density at radius 3 is 2.86 bits per heavy atom. The zero-order valence-corrected chi connectivity index (χ0v) is 7.38. The third kappa shape index (κ3) is 2.21. The number of carbonyl (C=O) groups excluding carboxylic acids is 1. The monoisotopic (exact) mass is 197 g/mol. The number of phenolic OH excluding ortho intramolecular Hbond substituents is 1. The number of carbonyl (C=O) groups is 1. The predicted octanol–water partition coefficient (Wildman–Crippen LogP) is -0.0805. The van der Waals surface area contributed by atoms with E-state index in [0.29, 0.717) is 5.56 Å². The number of aliphatic hydroxyl groups is 1. The molecule has 0 saturated carbocycles. The van der Waals surface area contributed by atoms with E-state index in [4.69, 9.17) is 5.73 Å². The number of aliphatic hydroxyl groups excluding tert-OH is 1. The average molecular weight is 197 g/mol. The summed E-state index contributed by atoms with van der Waals surface area (Å²) in [5.41, 5.74) is 5.73. The van der Waals surface area contributed by atoms with Gasteiger partial charge in [0.25, 0.3) is 6.47 Å². The topological polar surface area (TPSA) is 92.8 Å². The smallest absolute Gasteiger partial charge is 0.298 e. The van der Waals surface area contributed by atoms with E-state index in [1.54, 1.807) is 0 Å². The molecular formula is C9H11NO4. The third-order valence-electron chi connectivity index (χ3n) is 1.77. The number of benzene rings is 1. The molecule has 1 rings (SSSR count). The molecule has 4 N–H and O–H groups in total. The van der Waals surface area contributed by atoms with Crippen LogP contribution >= 0.6 is 0 Å². The first-order chi connectivity index (χ1) is 6.69. The summed E-state index contributed by atoms with van der Waals surface area (Å²) in [4.78, 5) is 10.1. The van der Waals surface area contributed by atoms with Crippen LogP contribution in [0.15, 0.2) is 18.2 Å². The summed E-state index contributed by atoms with van der Waals surface area (Å²) >= 11 is 0. The van der Waals surface area contributed by atoms with E-state index in [9.17, 15) is 15.0 Å². The van der Waals surface area contributed by atoms with E-state index >= 15 is 0 Å². The normalized spacial score (nSPS) is 12.1. The predicted molar refractivity (Wildman–Crippen MR) is 48.8 cm³/mol. The second kappa shape index (κ2) is 4.59. The van der Waals surface area contributed by atoms with Crippen LogP contribution in [0, 0.1) is 0 Å². The zero-order chi connectivity index (χ0) is 10.6. The lowest BCUT2D eigenvalue weighted by Crippen LogP contribution is -2.11. The van der Waals surface area contributed by atoms with Gasteiger partial charge in [0.05, 0.1) is 6.10 Å². The van der Waals surface area contributed by atoms with E-state index in [2.05, 4.69) is 4.74 Å². The molecule has 0 radical (unpaired) electrons. The molecule has 0 fully saturated rings. The van der Waals surface area contributed by atoms with Crippen LogP contribution in [0.25, 0.3) is 0 Å². The lowest BCUT2D eigenvalue weighted by atomic mass is 10.1. The molecule has 0 aliphatic heterocycles. The lowest BCUT2D eigenvalue weighted by Gasteiger charge is -2.09. The molecule has 0 bridgehead atoms.